The van der Waals surface area contributed by atoms with Gasteiger partial charge in [-0.2, -0.15) is 0 Å². The van der Waals surface area contributed by atoms with E-state index in [0.717, 1.165) is 11.1 Å². The van der Waals surface area contributed by atoms with Crippen LogP contribution in [-0.4, -0.2) is 26.1 Å². The van der Waals surface area contributed by atoms with Crippen molar-refractivity contribution in [1.29, 1.82) is 0 Å². The Balaban J connectivity index is 1.87. The van der Waals surface area contributed by atoms with Crippen LogP contribution in [0.25, 0.3) is 0 Å². The molecule has 1 unspecified atom stereocenters. The average Bonchev–Trinajstić information content (AvgIpc) is 2.58. The fourth-order valence-electron chi connectivity index (χ4n) is 3.29. The monoisotopic (exact) mass is 396 g/mol. The van der Waals surface area contributed by atoms with Crippen molar-refractivity contribution in [3.05, 3.63) is 63.1 Å². The van der Waals surface area contributed by atoms with E-state index in [1.165, 1.54) is 0 Å². The van der Waals surface area contributed by atoms with Crippen molar-refractivity contribution >= 4 is 40.2 Å². The molecule has 2 aromatic carbocycles. The number of amides is 1. The summed E-state index contributed by atoms with van der Waals surface area (Å²) < 4.78 is 22.8. The predicted molar refractivity (Wildman–Crippen MR) is 97.6 cm³/mol. The molecular formula is C18H16Cl2NO3S-. The molecule has 1 aliphatic heterocycles. The van der Waals surface area contributed by atoms with Crippen molar-refractivity contribution in [1.82, 2.24) is 4.90 Å². The highest BCUT2D eigenvalue weighted by Gasteiger charge is 2.29. The first-order valence-corrected chi connectivity index (χ1v) is 9.66. The standard InChI is InChI=1S/C18H17Cl2NO3S/c1-11-12-4-2-7-17(25(23)24)13(12)8-9-21(11)18(22)10-14-15(19)5-3-6-16(14)20/h2-7,11H,8-10H2,1H3,(H,23,24)/p-1/t11-/m0/s1. The molecule has 2 atom stereocenters. The molecule has 7 heteroatoms. The Bertz CT molecular complexity index is 836. The minimum absolute atomic E-state index is 0.0817. The zero-order chi connectivity index (χ0) is 18.1. The quantitative estimate of drug-likeness (QED) is 0.738. The van der Waals surface area contributed by atoms with Crippen molar-refractivity contribution in [3.8, 4) is 0 Å². The zero-order valence-electron chi connectivity index (χ0n) is 13.5. The molecule has 25 heavy (non-hydrogen) atoms. The Labute approximate surface area is 159 Å². The van der Waals surface area contributed by atoms with Gasteiger partial charge in [-0.3, -0.25) is 9.00 Å². The van der Waals surface area contributed by atoms with Crippen LogP contribution in [0.3, 0.4) is 0 Å². The summed E-state index contributed by atoms with van der Waals surface area (Å²) in [6.45, 7) is 2.37. The maximum Gasteiger partial charge on any atom is 0.227 e. The highest BCUT2D eigenvalue weighted by molar-refractivity contribution is 7.79. The van der Waals surface area contributed by atoms with E-state index in [1.54, 1.807) is 35.2 Å². The molecule has 0 aliphatic carbocycles. The molecule has 1 heterocycles. The molecule has 0 N–H and O–H groups in total. The van der Waals surface area contributed by atoms with Crippen LogP contribution in [0.5, 0.6) is 0 Å². The molecule has 0 saturated carbocycles. The number of nitrogens with zero attached hydrogens (tertiary/aromatic N) is 1. The van der Waals surface area contributed by atoms with Crippen molar-refractivity contribution in [2.24, 2.45) is 0 Å². The van der Waals surface area contributed by atoms with E-state index < -0.39 is 11.1 Å². The average molecular weight is 397 g/mol. The molecule has 3 rings (SSSR count). The number of hydrogen-bond donors (Lipinski definition) is 0. The van der Waals surface area contributed by atoms with Crippen LogP contribution in [-0.2, 0) is 28.7 Å². The molecule has 2 aromatic rings. The maximum absolute atomic E-state index is 12.8. The van der Waals surface area contributed by atoms with Gasteiger partial charge >= 0.3 is 0 Å². The summed E-state index contributed by atoms with van der Waals surface area (Å²) >= 11 is 10.0. The van der Waals surface area contributed by atoms with Gasteiger partial charge < -0.3 is 9.45 Å². The number of carbonyl (C=O) groups is 1. The number of halogens is 2. The summed E-state index contributed by atoms with van der Waals surface area (Å²) in [5.41, 5.74) is 2.28. The van der Waals surface area contributed by atoms with Gasteiger partial charge in [-0.25, -0.2) is 0 Å². The molecule has 0 bridgehead atoms. The first kappa shape index (κ1) is 18.4. The third-order valence-electron chi connectivity index (χ3n) is 4.58. The van der Waals surface area contributed by atoms with Crippen LogP contribution < -0.4 is 0 Å². The molecule has 1 amide bonds. The fraction of sp³-hybridized carbons (Fsp3) is 0.278. The van der Waals surface area contributed by atoms with Crippen LogP contribution in [0.1, 0.15) is 29.7 Å². The minimum Gasteiger partial charge on any atom is -0.768 e. The van der Waals surface area contributed by atoms with Gasteiger partial charge in [0.2, 0.25) is 5.91 Å². The Hall–Kier alpha value is -1.40. The molecule has 0 spiro atoms. The van der Waals surface area contributed by atoms with E-state index in [1.807, 2.05) is 13.0 Å². The van der Waals surface area contributed by atoms with E-state index in [2.05, 4.69) is 0 Å². The van der Waals surface area contributed by atoms with Gasteiger partial charge in [0.25, 0.3) is 0 Å². The van der Waals surface area contributed by atoms with Gasteiger partial charge in [0.15, 0.2) is 0 Å². The van der Waals surface area contributed by atoms with E-state index in [-0.39, 0.29) is 18.4 Å². The lowest BCUT2D eigenvalue weighted by atomic mass is 9.93. The molecule has 0 fully saturated rings. The van der Waals surface area contributed by atoms with Crippen LogP contribution in [0.2, 0.25) is 10.0 Å². The number of carbonyl (C=O) groups excluding carboxylic acids is 1. The lowest BCUT2D eigenvalue weighted by Crippen LogP contribution is -2.40. The maximum atomic E-state index is 12.8. The fourth-order valence-corrected chi connectivity index (χ4v) is 4.43. The predicted octanol–water partition coefficient (Wildman–Crippen LogP) is 3.92. The van der Waals surface area contributed by atoms with E-state index >= 15 is 0 Å². The minimum atomic E-state index is -2.28. The number of benzene rings is 2. The van der Waals surface area contributed by atoms with Crippen molar-refractivity contribution in [2.45, 2.75) is 30.7 Å². The van der Waals surface area contributed by atoms with Crippen molar-refractivity contribution in [2.75, 3.05) is 6.54 Å². The Morgan fingerprint density at radius 2 is 1.88 bits per heavy atom. The van der Waals surface area contributed by atoms with Crippen LogP contribution in [0.15, 0.2) is 41.3 Å². The van der Waals surface area contributed by atoms with Gasteiger partial charge in [0.1, 0.15) is 0 Å². The second-order valence-corrected chi connectivity index (χ2v) is 7.67. The third-order valence-corrected chi connectivity index (χ3v) is 6.03. The second kappa shape index (κ2) is 7.46. The van der Waals surface area contributed by atoms with Gasteiger partial charge in [-0.1, -0.05) is 41.4 Å². The van der Waals surface area contributed by atoms with Crippen LogP contribution >= 0.6 is 23.2 Å². The van der Waals surface area contributed by atoms with Gasteiger partial charge in [-0.15, -0.1) is 0 Å². The number of hydrogen-bond acceptors (Lipinski definition) is 3. The highest BCUT2D eigenvalue weighted by atomic mass is 35.5. The number of rotatable bonds is 3. The Morgan fingerprint density at radius 1 is 1.24 bits per heavy atom. The summed E-state index contributed by atoms with van der Waals surface area (Å²) in [4.78, 5) is 14.9. The zero-order valence-corrected chi connectivity index (χ0v) is 15.8. The molecule has 1 aliphatic rings. The smallest absolute Gasteiger partial charge is 0.227 e. The summed E-state index contributed by atoms with van der Waals surface area (Å²) in [6, 6.07) is 10.1. The first-order chi connectivity index (χ1) is 11.9. The molecule has 0 aromatic heterocycles. The van der Waals surface area contributed by atoms with Gasteiger partial charge in [-0.05, 0) is 59.3 Å². The van der Waals surface area contributed by atoms with E-state index in [0.29, 0.717) is 33.5 Å². The van der Waals surface area contributed by atoms with E-state index in [9.17, 15) is 13.6 Å². The molecule has 132 valence electrons. The summed E-state index contributed by atoms with van der Waals surface area (Å²) in [6.07, 6.45) is 0.622. The van der Waals surface area contributed by atoms with Crippen LogP contribution in [0, 0.1) is 0 Å². The SMILES string of the molecule is C[C@H]1c2cccc(S(=O)[O-])c2CCN1C(=O)Cc1c(Cl)cccc1Cl. The summed E-state index contributed by atoms with van der Waals surface area (Å²) in [5, 5.41) is 0.935. The van der Waals surface area contributed by atoms with E-state index in [4.69, 9.17) is 23.2 Å². The number of fused-ring (bicyclic) bond motifs is 1. The second-order valence-electron chi connectivity index (χ2n) is 5.95. The molecular weight excluding hydrogens is 381 g/mol. The summed E-state index contributed by atoms with van der Waals surface area (Å²) in [5.74, 6) is -0.0817. The Morgan fingerprint density at radius 3 is 2.52 bits per heavy atom. The summed E-state index contributed by atoms with van der Waals surface area (Å²) in [7, 11) is 0. The van der Waals surface area contributed by atoms with Crippen LogP contribution in [0.4, 0.5) is 0 Å². The van der Waals surface area contributed by atoms with Crippen molar-refractivity contribution < 1.29 is 13.6 Å². The van der Waals surface area contributed by atoms with Crippen molar-refractivity contribution in [3.63, 3.8) is 0 Å². The first-order valence-electron chi connectivity index (χ1n) is 7.83. The lowest BCUT2D eigenvalue weighted by molar-refractivity contribution is -0.133. The molecule has 0 radical (unpaired) electrons. The molecule has 4 nitrogen and oxygen atoms in total. The normalized spacial score (nSPS) is 17.9. The highest BCUT2D eigenvalue weighted by Crippen LogP contribution is 2.33. The molecule has 0 saturated heterocycles. The third kappa shape index (κ3) is 3.60. The van der Waals surface area contributed by atoms with Gasteiger partial charge in [0.05, 0.1) is 12.5 Å². The lowest BCUT2D eigenvalue weighted by Gasteiger charge is -2.36. The largest absolute Gasteiger partial charge is 0.768 e. The van der Waals surface area contributed by atoms with Gasteiger partial charge in [0, 0.05) is 21.5 Å². The Kier molecular flexibility index (Phi) is 5.49. The topological polar surface area (TPSA) is 60.4 Å².